The lowest BCUT2D eigenvalue weighted by Crippen LogP contribution is -1.79. The molecular weight excluding hydrogens is 198 g/mol. The molecule has 0 saturated heterocycles. The SMILES string of the molecule is CCSSc1cc(F)cc(F)c1. The second-order valence-corrected chi connectivity index (χ2v) is 4.75. The van der Waals surface area contributed by atoms with Gasteiger partial charge in [0.05, 0.1) is 0 Å². The third kappa shape index (κ3) is 3.03. The molecule has 0 atom stereocenters. The highest BCUT2D eigenvalue weighted by Gasteiger charge is 2.00. The number of hydrogen-bond acceptors (Lipinski definition) is 2. The van der Waals surface area contributed by atoms with Crippen molar-refractivity contribution in [2.45, 2.75) is 11.8 Å². The fourth-order valence-electron chi connectivity index (χ4n) is 0.704. The van der Waals surface area contributed by atoms with Crippen molar-refractivity contribution in [2.24, 2.45) is 0 Å². The molecule has 0 aliphatic carbocycles. The van der Waals surface area contributed by atoms with Crippen LogP contribution in [0.4, 0.5) is 8.78 Å². The molecule has 0 aliphatic rings. The summed E-state index contributed by atoms with van der Waals surface area (Å²) in [6.07, 6.45) is 0. The second-order valence-electron chi connectivity index (χ2n) is 2.10. The Kier molecular flexibility index (Phi) is 3.88. The van der Waals surface area contributed by atoms with E-state index in [-0.39, 0.29) is 0 Å². The van der Waals surface area contributed by atoms with Crippen LogP contribution < -0.4 is 0 Å². The third-order valence-electron chi connectivity index (χ3n) is 1.11. The highest BCUT2D eigenvalue weighted by atomic mass is 33.1. The molecule has 0 saturated carbocycles. The Morgan fingerprint density at radius 2 is 1.75 bits per heavy atom. The van der Waals surface area contributed by atoms with E-state index in [2.05, 4.69) is 0 Å². The van der Waals surface area contributed by atoms with Gasteiger partial charge in [-0.15, -0.1) is 0 Å². The monoisotopic (exact) mass is 206 g/mol. The zero-order valence-corrected chi connectivity index (χ0v) is 8.14. The van der Waals surface area contributed by atoms with Crippen LogP contribution in [0.2, 0.25) is 0 Å². The van der Waals surface area contributed by atoms with E-state index in [1.54, 1.807) is 10.8 Å². The Morgan fingerprint density at radius 1 is 1.17 bits per heavy atom. The van der Waals surface area contributed by atoms with Crippen LogP contribution in [0, 0.1) is 11.6 Å². The lowest BCUT2D eigenvalue weighted by molar-refractivity contribution is 0.577. The maximum absolute atomic E-state index is 12.6. The van der Waals surface area contributed by atoms with E-state index in [9.17, 15) is 8.78 Å². The average Bonchev–Trinajstić information content (AvgIpc) is 1.99. The maximum Gasteiger partial charge on any atom is 0.127 e. The number of hydrogen-bond donors (Lipinski definition) is 0. The molecule has 66 valence electrons. The van der Waals surface area contributed by atoms with Crippen molar-refractivity contribution < 1.29 is 8.78 Å². The maximum atomic E-state index is 12.6. The zero-order valence-electron chi connectivity index (χ0n) is 6.51. The highest BCUT2D eigenvalue weighted by molar-refractivity contribution is 8.76. The lowest BCUT2D eigenvalue weighted by Gasteiger charge is -1.98. The molecule has 0 radical (unpaired) electrons. The first-order chi connectivity index (χ1) is 5.72. The van der Waals surface area contributed by atoms with Gasteiger partial charge in [-0.1, -0.05) is 28.5 Å². The van der Waals surface area contributed by atoms with Crippen LogP contribution in [0.25, 0.3) is 0 Å². The molecule has 1 rings (SSSR count). The second kappa shape index (κ2) is 4.72. The summed E-state index contributed by atoms with van der Waals surface area (Å²) in [6.45, 7) is 1.99. The van der Waals surface area contributed by atoms with Gasteiger partial charge in [-0.25, -0.2) is 8.78 Å². The van der Waals surface area contributed by atoms with Crippen molar-refractivity contribution in [2.75, 3.05) is 5.75 Å². The molecular formula is C8H8F2S2. The van der Waals surface area contributed by atoms with E-state index in [1.807, 2.05) is 6.92 Å². The Morgan fingerprint density at radius 3 is 2.25 bits per heavy atom. The fourth-order valence-corrected chi connectivity index (χ4v) is 2.33. The van der Waals surface area contributed by atoms with Gasteiger partial charge in [-0.05, 0) is 12.1 Å². The van der Waals surface area contributed by atoms with Gasteiger partial charge in [-0.2, -0.15) is 0 Å². The van der Waals surface area contributed by atoms with E-state index in [0.29, 0.717) is 4.90 Å². The van der Waals surface area contributed by atoms with Gasteiger partial charge in [0.2, 0.25) is 0 Å². The van der Waals surface area contributed by atoms with Crippen molar-refractivity contribution in [3.8, 4) is 0 Å². The topological polar surface area (TPSA) is 0 Å². The molecule has 0 fully saturated rings. The van der Waals surface area contributed by atoms with Gasteiger partial charge in [0.25, 0.3) is 0 Å². The minimum atomic E-state index is -0.519. The number of benzene rings is 1. The first-order valence-electron chi connectivity index (χ1n) is 3.48. The normalized spacial score (nSPS) is 10.2. The molecule has 1 aromatic rings. The smallest absolute Gasteiger partial charge is 0.127 e. The quantitative estimate of drug-likeness (QED) is 0.691. The van der Waals surface area contributed by atoms with E-state index >= 15 is 0 Å². The van der Waals surface area contributed by atoms with Crippen LogP contribution in [0.15, 0.2) is 23.1 Å². The summed E-state index contributed by atoms with van der Waals surface area (Å²) < 4.78 is 25.2. The first-order valence-corrected chi connectivity index (χ1v) is 5.80. The van der Waals surface area contributed by atoms with Gasteiger partial charge in [0.15, 0.2) is 0 Å². The Hall–Kier alpha value is -0.220. The van der Waals surface area contributed by atoms with Crippen LogP contribution in [0.1, 0.15) is 6.92 Å². The minimum absolute atomic E-state index is 0.519. The van der Waals surface area contributed by atoms with Crippen molar-refractivity contribution >= 4 is 21.6 Å². The largest absolute Gasteiger partial charge is 0.207 e. The predicted octanol–water partition coefficient (Wildman–Crippen LogP) is 3.73. The Bertz CT molecular complexity index is 243. The zero-order chi connectivity index (χ0) is 8.97. The molecule has 0 heterocycles. The summed E-state index contributed by atoms with van der Waals surface area (Å²) in [5.41, 5.74) is 0. The van der Waals surface area contributed by atoms with Crippen LogP contribution in [-0.4, -0.2) is 5.75 Å². The summed E-state index contributed by atoms with van der Waals surface area (Å²) in [6, 6.07) is 3.54. The molecule has 12 heavy (non-hydrogen) atoms. The van der Waals surface area contributed by atoms with Crippen LogP contribution in [0.5, 0.6) is 0 Å². The van der Waals surface area contributed by atoms with Gasteiger partial charge in [-0.3, -0.25) is 0 Å². The van der Waals surface area contributed by atoms with Gasteiger partial charge >= 0.3 is 0 Å². The predicted molar refractivity (Wildman–Crippen MR) is 50.3 cm³/mol. The summed E-state index contributed by atoms with van der Waals surface area (Å²) in [4.78, 5) is 0.624. The Balaban J connectivity index is 2.72. The van der Waals surface area contributed by atoms with E-state index < -0.39 is 11.6 Å². The molecule has 0 aliphatic heterocycles. The minimum Gasteiger partial charge on any atom is -0.207 e. The van der Waals surface area contributed by atoms with Crippen LogP contribution >= 0.6 is 21.6 Å². The highest BCUT2D eigenvalue weighted by Crippen LogP contribution is 2.31. The summed E-state index contributed by atoms with van der Waals surface area (Å²) in [5, 5.41) is 0. The summed E-state index contributed by atoms with van der Waals surface area (Å²) in [5.74, 6) is -0.119. The van der Waals surface area contributed by atoms with Gasteiger partial charge in [0, 0.05) is 16.7 Å². The molecule has 0 spiro atoms. The van der Waals surface area contributed by atoms with Crippen molar-refractivity contribution in [3.63, 3.8) is 0 Å². The fraction of sp³-hybridized carbons (Fsp3) is 0.250. The first kappa shape index (κ1) is 9.86. The molecule has 0 bridgehead atoms. The van der Waals surface area contributed by atoms with Crippen LogP contribution in [0.3, 0.4) is 0 Å². The molecule has 0 amide bonds. The van der Waals surface area contributed by atoms with E-state index in [0.717, 1.165) is 11.8 Å². The summed E-state index contributed by atoms with van der Waals surface area (Å²) in [7, 11) is 2.95. The van der Waals surface area contributed by atoms with Crippen molar-refractivity contribution in [1.29, 1.82) is 0 Å². The number of halogens is 2. The molecule has 0 nitrogen and oxygen atoms in total. The van der Waals surface area contributed by atoms with E-state index in [4.69, 9.17) is 0 Å². The Labute approximate surface area is 78.1 Å². The van der Waals surface area contributed by atoms with Crippen LogP contribution in [-0.2, 0) is 0 Å². The molecule has 0 unspecified atom stereocenters. The molecule has 0 N–H and O–H groups in total. The van der Waals surface area contributed by atoms with Crippen molar-refractivity contribution in [3.05, 3.63) is 29.8 Å². The lowest BCUT2D eigenvalue weighted by atomic mass is 10.3. The summed E-state index contributed by atoms with van der Waals surface area (Å²) >= 11 is 0. The molecule has 4 heteroatoms. The van der Waals surface area contributed by atoms with Crippen molar-refractivity contribution in [1.82, 2.24) is 0 Å². The van der Waals surface area contributed by atoms with Gasteiger partial charge in [0.1, 0.15) is 11.6 Å². The molecule has 0 aromatic heterocycles. The average molecular weight is 206 g/mol. The van der Waals surface area contributed by atoms with Gasteiger partial charge < -0.3 is 0 Å². The third-order valence-corrected chi connectivity index (χ3v) is 3.53. The molecule has 1 aromatic carbocycles. The number of rotatable bonds is 3. The van der Waals surface area contributed by atoms with E-state index in [1.165, 1.54) is 22.9 Å². The standard InChI is InChI=1S/C8H8F2S2/c1-2-11-12-8-4-6(9)3-7(10)5-8/h3-5H,2H2,1H3.